The second-order valence-corrected chi connectivity index (χ2v) is 6.90. The van der Waals surface area contributed by atoms with E-state index < -0.39 is 0 Å². The van der Waals surface area contributed by atoms with Gasteiger partial charge in [0.15, 0.2) is 0 Å². The van der Waals surface area contributed by atoms with Crippen molar-refractivity contribution in [1.82, 2.24) is 5.32 Å². The standard InChI is InChI=1S/C14H26N2S/c1-4-16-14(11-15)8-5-6-13(10-14)17-9-7-12(2)3/h12-13,16H,4-10H2,1-3H3. The van der Waals surface area contributed by atoms with Crippen LogP contribution in [0.4, 0.5) is 0 Å². The summed E-state index contributed by atoms with van der Waals surface area (Å²) in [5, 5.41) is 13.5. The van der Waals surface area contributed by atoms with Crippen LogP contribution in [0.2, 0.25) is 0 Å². The van der Waals surface area contributed by atoms with E-state index in [1.807, 2.05) is 0 Å². The lowest BCUT2D eigenvalue weighted by atomic mass is 9.82. The van der Waals surface area contributed by atoms with Gasteiger partial charge >= 0.3 is 0 Å². The molecule has 0 spiro atoms. The zero-order chi connectivity index (χ0) is 12.7. The van der Waals surface area contributed by atoms with Gasteiger partial charge in [-0.15, -0.1) is 0 Å². The van der Waals surface area contributed by atoms with Crippen LogP contribution >= 0.6 is 11.8 Å². The number of rotatable bonds is 6. The molecule has 2 nitrogen and oxygen atoms in total. The summed E-state index contributed by atoms with van der Waals surface area (Å²) in [7, 11) is 0. The number of nitrogens with zero attached hydrogens (tertiary/aromatic N) is 1. The molecule has 1 N–H and O–H groups in total. The average Bonchev–Trinajstić information content (AvgIpc) is 2.29. The Labute approximate surface area is 111 Å². The highest BCUT2D eigenvalue weighted by Crippen LogP contribution is 2.35. The molecule has 1 saturated carbocycles. The summed E-state index contributed by atoms with van der Waals surface area (Å²) < 4.78 is 0. The Morgan fingerprint density at radius 1 is 1.53 bits per heavy atom. The van der Waals surface area contributed by atoms with Crippen molar-refractivity contribution >= 4 is 11.8 Å². The second-order valence-electron chi connectivity index (χ2n) is 5.50. The monoisotopic (exact) mass is 254 g/mol. The molecule has 0 aliphatic heterocycles. The second kappa shape index (κ2) is 7.28. The van der Waals surface area contributed by atoms with E-state index in [1.54, 1.807) is 0 Å². The highest BCUT2D eigenvalue weighted by molar-refractivity contribution is 7.99. The van der Waals surface area contributed by atoms with Gasteiger partial charge in [-0.25, -0.2) is 0 Å². The van der Waals surface area contributed by atoms with E-state index in [4.69, 9.17) is 0 Å². The van der Waals surface area contributed by atoms with Gasteiger partial charge in [-0.1, -0.05) is 20.8 Å². The third kappa shape index (κ3) is 4.89. The minimum absolute atomic E-state index is 0.234. The Hall–Kier alpha value is -0.200. The fourth-order valence-electron chi connectivity index (χ4n) is 2.48. The minimum atomic E-state index is -0.234. The summed E-state index contributed by atoms with van der Waals surface area (Å²) in [5.74, 6) is 2.04. The van der Waals surface area contributed by atoms with Crippen molar-refractivity contribution in [3.8, 4) is 6.07 Å². The number of thioether (sulfide) groups is 1. The molecule has 0 saturated heterocycles. The highest BCUT2D eigenvalue weighted by Gasteiger charge is 2.35. The first-order chi connectivity index (χ1) is 8.12. The van der Waals surface area contributed by atoms with Gasteiger partial charge in [0.1, 0.15) is 5.54 Å². The fourth-order valence-corrected chi connectivity index (χ4v) is 4.15. The Morgan fingerprint density at radius 3 is 2.88 bits per heavy atom. The van der Waals surface area contributed by atoms with Crippen LogP contribution < -0.4 is 5.32 Å². The molecule has 98 valence electrons. The third-order valence-corrected chi connectivity index (χ3v) is 4.83. The molecule has 0 aromatic carbocycles. The van der Waals surface area contributed by atoms with Gasteiger partial charge in [0, 0.05) is 5.25 Å². The number of hydrogen-bond donors (Lipinski definition) is 1. The first-order valence-electron chi connectivity index (χ1n) is 6.90. The van der Waals surface area contributed by atoms with Gasteiger partial charge in [0.25, 0.3) is 0 Å². The largest absolute Gasteiger partial charge is 0.300 e. The van der Waals surface area contributed by atoms with Crippen molar-refractivity contribution in [2.24, 2.45) is 5.92 Å². The van der Waals surface area contributed by atoms with Crippen LogP contribution in [-0.2, 0) is 0 Å². The smallest absolute Gasteiger partial charge is 0.107 e. The average molecular weight is 254 g/mol. The molecule has 17 heavy (non-hydrogen) atoms. The highest BCUT2D eigenvalue weighted by atomic mass is 32.2. The molecule has 0 aromatic rings. The maximum atomic E-state index is 9.38. The lowest BCUT2D eigenvalue weighted by Gasteiger charge is -2.36. The summed E-state index contributed by atoms with van der Waals surface area (Å²) in [6, 6.07) is 2.52. The molecule has 0 amide bonds. The predicted molar refractivity (Wildman–Crippen MR) is 76.2 cm³/mol. The Kier molecular flexibility index (Phi) is 6.37. The van der Waals surface area contributed by atoms with Gasteiger partial charge in [-0.2, -0.15) is 17.0 Å². The van der Waals surface area contributed by atoms with E-state index in [2.05, 4.69) is 43.9 Å². The normalized spacial score (nSPS) is 29.2. The van der Waals surface area contributed by atoms with E-state index in [0.717, 1.165) is 25.3 Å². The topological polar surface area (TPSA) is 35.8 Å². The van der Waals surface area contributed by atoms with Crippen molar-refractivity contribution < 1.29 is 0 Å². The summed E-state index contributed by atoms with van der Waals surface area (Å²) in [5.41, 5.74) is -0.234. The lowest BCUT2D eigenvalue weighted by molar-refractivity contribution is 0.309. The maximum absolute atomic E-state index is 9.38. The van der Waals surface area contributed by atoms with E-state index in [9.17, 15) is 5.26 Å². The Morgan fingerprint density at radius 2 is 2.29 bits per heavy atom. The first-order valence-corrected chi connectivity index (χ1v) is 7.94. The zero-order valence-corrected chi connectivity index (χ0v) is 12.3. The molecular weight excluding hydrogens is 228 g/mol. The van der Waals surface area contributed by atoms with Crippen molar-refractivity contribution in [3.63, 3.8) is 0 Å². The summed E-state index contributed by atoms with van der Waals surface area (Å²) in [6.07, 6.45) is 5.83. The predicted octanol–water partition coefficient (Wildman–Crippen LogP) is 3.58. The van der Waals surface area contributed by atoms with Crippen molar-refractivity contribution in [1.29, 1.82) is 5.26 Å². The third-order valence-electron chi connectivity index (χ3n) is 3.48. The van der Waals surface area contributed by atoms with E-state index in [-0.39, 0.29) is 5.54 Å². The fraction of sp³-hybridized carbons (Fsp3) is 0.929. The van der Waals surface area contributed by atoms with Crippen LogP contribution in [0.5, 0.6) is 0 Å². The molecule has 1 fully saturated rings. The van der Waals surface area contributed by atoms with Gasteiger partial charge < -0.3 is 0 Å². The molecule has 0 aromatic heterocycles. The van der Waals surface area contributed by atoms with Gasteiger partial charge in [-0.3, -0.25) is 5.32 Å². The molecule has 1 aliphatic carbocycles. The van der Waals surface area contributed by atoms with E-state index >= 15 is 0 Å². The van der Waals surface area contributed by atoms with Crippen LogP contribution in [0.1, 0.15) is 52.9 Å². The summed E-state index contributed by atoms with van der Waals surface area (Å²) >= 11 is 2.08. The SMILES string of the molecule is CCNC1(C#N)CCCC(SCCC(C)C)C1. The molecule has 1 rings (SSSR count). The van der Waals surface area contributed by atoms with E-state index in [0.29, 0.717) is 5.25 Å². The quantitative estimate of drug-likeness (QED) is 0.787. The van der Waals surface area contributed by atoms with Crippen molar-refractivity contribution in [3.05, 3.63) is 0 Å². The van der Waals surface area contributed by atoms with Crippen LogP contribution in [0.15, 0.2) is 0 Å². The number of nitriles is 1. The van der Waals surface area contributed by atoms with Crippen LogP contribution in [0.25, 0.3) is 0 Å². The zero-order valence-electron chi connectivity index (χ0n) is 11.5. The van der Waals surface area contributed by atoms with Crippen LogP contribution in [0.3, 0.4) is 0 Å². The summed E-state index contributed by atoms with van der Waals surface area (Å²) in [4.78, 5) is 0. The molecule has 0 bridgehead atoms. The van der Waals surface area contributed by atoms with Gasteiger partial charge in [0.2, 0.25) is 0 Å². The Balaban J connectivity index is 2.40. The Bertz CT molecular complexity index is 255. The van der Waals surface area contributed by atoms with Crippen molar-refractivity contribution in [2.75, 3.05) is 12.3 Å². The molecular formula is C14H26N2S. The van der Waals surface area contributed by atoms with E-state index in [1.165, 1.54) is 25.0 Å². The molecule has 0 radical (unpaired) electrons. The number of hydrogen-bond acceptors (Lipinski definition) is 3. The van der Waals surface area contributed by atoms with Gasteiger partial charge in [0.05, 0.1) is 6.07 Å². The molecule has 1 aliphatic rings. The molecule has 3 heteroatoms. The minimum Gasteiger partial charge on any atom is -0.300 e. The van der Waals surface area contributed by atoms with Gasteiger partial charge in [-0.05, 0) is 50.3 Å². The summed E-state index contributed by atoms with van der Waals surface area (Å²) in [6.45, 7) is 7.55. The lowest BCUT2D eigenvalue weighted by Crippen LogP contribution is -2.48. The molecule has 0 heterocycles. The van der Waals surface area contributed by atoms with Crippen molar-refractivity contribution in [2.45, 2.75) is 63.7 Å². The molecule has 2 unspecified atom stereocenters. The van der Waals surface area contributed by atoms with Crippen LogP contribution in [0, 0.1) is 17.2 Å². The molecule has 2 atom stereocenters. The van der Waals surface area contributed by atoms with Crippen LogP contribution in [-0.4, -0.2) is 23.1 Å². The maximum Gasteiger partial charge on any atom is 0.107 e. The first kappa shape index (κ1) is 14.9. The number of nitrogens with one attached hydrogen (secondary N) is 1.